The number of phenols is 1. The highest BCUT2D eigenvalue weighted by atomic mass is 79.9. The van der Waals surface area contributed by atoms with E-state index in [0.717, 1.165) is 28.2 Å². The summed E-state index contributed by atoms with van der Waals surface area (Å²) >= 11 is 3.43. The van der Waals surface area contributed by atoms with Gasteiger partial charge in [-0.3, -0.25) is 4.79 Å². The lowest BCUT2D eigenvalue weighted by molar-refractivity contribution is -0.116. The number of para-hydroxylation sites is 2. The summed E-state index contributed by atoms with van der Waals surface area (Å²) in [4.78, 5) is 13.8. The summed E-state index contributed by atoms with van der Waals surface area (Å²) < 4.78 is 17.1. The van der Waals surface area contributed by atoms with Crippen LogP contribution in [0.15, 0.2) is 70.3 Å². The highest BCUT2D eigenvalue weighted by molar-refractivity contribution is 9.10. The van der Waals surface area contributed by atoms with Crippen molar-refractivity contribution < 1.29 is 24.1 Å². The van der Waals surface area contributed by atoms with Crippen molar-refractivity contribution in [2.24, 2.45) is 0 Å². The average Bonchev–Trinajstić information content (AvgIpc) is 3.07. The molecule has 8 heteroatoms. The van der Waals surface area contributed by atoms with Gasteiger partial charge >= 0.3 is 0 Å². The van der Waals surface area contributed by atoms with Crippen molar-refractivity contribution in [3.8, 4) is 23.0 Å². The molecule has 0 unspecified atom stereocenters. The average molecular weight is 565 g/mol. The van der Waals surface area contributed by atoms with Crippen LogP contribution in [-0.2, 0) is 4.79 Å². The van der Waals surface area contributed by atoms with E-state index in [4.69, 9.17) is 14.2 Å². The molecule has 37 heavy (non-hydrogen) atoms. The fourth-order valence-corrected chi connectivity index (χ4v) is 5.57. The van der Waals surface area contributed by atoms with Crippen molar-refractivity contribution in [1.82, 2.24) is 0 Å². The highest BCUT2D eigenvalue weighted by Gasteiger charge is 2.36. The van der Waals surface area contributed by atoms with Gasteiger partial charge in [-0.05, 0) is 82.7 Å². The van der Waals surface area contributed by atoms with Crippen LogP contribution in [0, 0.1) is 0 Å². The molecule has 1 aliphatic heterocycles. The number of methoxy groups -OCH3 is 2. The van der Waals surface area contributed by atoms with Crippen molar-refractivity contribution in [3.63, 3.8) is 0 Å². The number of carbonyl (C=O) groups excluding carboxylic acids is 1. The second-order valence-electron chi connectivity index (χ2n) is 9.07. The van der Waals surface area contributed by atoms with Crippen LogP contribution in [0.2, 0.25) is 0 Å². The Labute approximate surface area is 224 Å². The van der Waals surface area contributed by atoms with E-state index >= 15 is 0 Å². The smallest absolute Gasteiger partial charge is 0.172 e. The van der Waals surface area contributed by atoms with Gasteiger partial charge in [-0.2, -0.15) is 0 Å². The minimum absolute atomic E-state index is 0.0182. The van der Waals surface area contributed by atoms with Crippen molar-refractivity contribution in [2.75, 3.05) is 31.5 Å². The third-order valence-corrected chi connectivity index (χ3v) is 7.48. The largest absolute Gasteiger partial charge is 0.503 e. The molecule has 1 heterocycles. The van der Waals surface area contributed by atoms with E-state index in [1.165, 1.54) is 7.11 Å². The van der Waals surface area contributed by atoms with Crippen molar-refractivity contribution >= 4 is 33.1 Å². The maximum Gasteiger partial charge on any atom is 0.172 e. The van der Waals surface area contributed by atoms with E-state index in [2.05, 4.69) is 26.6 Å². The summed E-state index contributed by atoms with van der Waals surface area (Å²) in [6.45, 7) is 2.48. The Kier molecular flexibility index (Phi) is 7.02. The first-order chi connectivity index (χ1) is 17.9. The lowest BCUT2D eigenvalue weighted by Crippen LogP contribution is -2.27. The number of Topliss-reactive ketones (excluding diaryl/α,β-unsaturated/α-hetero) is 1. The molecule has 0 spiro atoms. The van der Waals surface area contributed by atoms with E-state index in [1.807, 2.05) is 55.5 Å². The molecule has 3 N–H and O–H groups in total. The predicted molar refractivity (Wildman–Crippen MR) is 147 cm³/mol. The zero-order valence-corrected chi connectivity index (χ0v) is 22.5. The fourth-order valence-electron chi connectivity index (χ4n) is 5.11. The number of hydrogen-bond acceptors (Lipinski definition) is 7. The molecule has 0 radical (unpaired) electrons. The number of hydrogen-bond donors (Lipinski definition) is 3. The zero-order chi connectivity index (χ0) is 26.1. The van der Waals surface area contributed by atoms with Gasteiger partial charge in [-0.25, -0.2) is 0 Å². The minimum atomic E-state index is -0.430. The monoisotopic (exact) mass is 564 g/mol. The molecule has 1 aliphatic carbocycles. The molecule has 2 aliphatic rings. The summed E-state index contributed by atoms with van der Waals surface area (Å²) in [5.41, 5.74) is 5.18. The van der Waals surface area contributed by atoms with Gasteiger partial charge in [0.05, 0.1) is 42.7 Å². The SMILES string of the molecule is CCOc1ccc([C@H]2CC(=O)C3=C(C2)Nc2ccccc2N[C@H]3c2cc(Br)c(O)c(OC)c2)cc1OC. The number of ketones is 1. The number of aromatic hydroxyl groups is 1. The van der Waals surface area contributed by atoms with Crippen LogP contribution in [0.25, 0.3) is 0 Å². The van der Waals surface area contributed by atoms with Gasteiger partial charge in [0, 0.05) is 17.7 Å². The van der Waals surface area contributed by atoms with E-state index in [0.29, 0.717) is 46.7 Å². The van der Waals surface area contributed by atoms with Crippen LogP contribution in [0.3, 0.4) is 0 Å². The van der Waals surface area contributed by atoms with Gasteiger partial charge in [0.1, 0.15) is 0 Å². The number of halogens is 1. The second kappa shape index (κ2) is 10.4. The quantitative estimate of drug-likeness (QED) is 0.312. The molecule has 0 saturated heterocycles. The Morgan fingerprint density at radius 3 is 2.41 bits per heavy atom. The van der Waals surface area contributed by atoms with Crippen LogP contribution in [0.5, 0.6) is 23.0 Å². The maximum atomic E-state index is 13.8. The number of nitrogens with one attached hydrogen (secondary N) is 2. The van der Waals surface area contributed by atoms with Gasteiger partial charge in [-0.15, -0.1) is 0 Å². The molecule has 0 bridgehead atoms. The molecule has 2 atom stereocenters. The molecular weight excluding hydrogens is 536 g/mol. The van der Waals surface area contributed by atoms with E-state index in [1.54, 1.807) is 13.2 Å². The number of allylic oxidation sites excluding steroid dienone is 1. The van der Waals surface area contributed by atoms with Crippen molar-refractivity contribution in [1.29, 1.82) is 0 Å². The second-order valence-corrected chi connectivity index (χ2v) is 9.92. The summed E-state index contributed by atoms with van der Waals surface area (Å²) in [5, 5.41) is 17.5. The van der Waals surface area contributed by atoms with Crippen LogP contribution in [0.4, 0.5) is 11.4 Å². The molecule has 3 aromatic carbocycles. The maximum absolute atomic E-state index is 13.8. The summed E-state index contributed by atoms with van der Waals surface area (Å²) in [5.74, 6) is 1.74. The van der Waals surface area contributed by atoms with E-state index < -0.39 is 6.04 Å². The van der Waals surface area contributed by atoms with E-state index in [-0.39, 0.29) is 17.5 Å². The molecule has 0 saturated carbocycles. The van der Waals surface area contributed by atoms with Gasteiger partial charge < -0.3 is 30.0 Å². The standard InChI is InChI=1S/C29H29BrN2O5/c1-4-37-24-10-9-16(14-25(24)35-2)17-12-22-27(23(33)13-17)28(32-21-8-6-5-7-20(21)31-22)18-11-19(30)29(34)26(15-18)36-3/h5-11,14-15,17,28,31-32,34H,4,12-13H2,1-3H3/t17-,28+/m1/s1. The van der Waals surface area contributed by atoms with Crippen molar-refractivity contribution in [2.45, 2.75) is 31.7 Å². The van der Waals surface area contributed by atoms with Crippen LogP contribution in [0.1, 0.15) is 42.9 Å². The molecule has 7 nitrogen and oxygen atoms in total. The summed E-state index contributed by atoms with van der Waals surface area (Å²) in [7, 11) is 3.13. The normalized spacial score (nSPS) is 18.6. The van der Waals surface area contributed by atoms with Crippen LogP contribution >= 0.6 is 15.9 Å². The number of carbonyl (C=O) groups is 1. The number of fused-ring (bicyclic) bond motifs is 1. The lowest BCUT2D eigenvalue weighted by Gasteiger charge is -2.30. The van der Waals surface area contributed by atoms with Crippen LogP contribution in [-0.4, -0.2) is 31.7 Å². The zero-order valence-electron chi connectivity index (χ0n) is 20.9. The minimum Gasteiger partial charge on any atom is -0.503 e. The molecule has 3 aromatic rings. The Morgan fingerprint density at radius 2 is 1.68 bits per heavy atom. The molecule has 0 amide bonds. The third kappa shape index (κ3) is 4.73. The van der Waals surface area contributed by atoms with Gasteiger partial charge in [0.15, 0.2) is 28.8 Å². The van der Waals surface area contributed by atoms with Crippen LogP contribution < -0.4 is 24.8 Å². The summed E-state index contributed by atoms with van der Waals surface area (Å²) in [6, 6.07) is 17.0. The molecule has 5 rings (SSSR count). The summed E-state index contributed by atoms with van der Waals surface area (Å²) in [6.07, 6.45) is 1.02. The Bertz CT molecular complexity index is 1390. The van der Waals surface area contributed by atoms with Gasteiger partial charge in [0.2, 0.25) is 0 Å². The van der Waals surface area contributed by atoms with Gasteiger partial charge in [0.25, 0.3) is 0 Å². The number of ether oxygens (including phenoxy) is 3. The molecular formula is C29H29BrN2O5. The van der Waals surface area contributed by atoms with Gasteiger partial charge in [-0.1, -0.05) is 18.2 Å². The highest BCUT2D eigenvalue weighted by Crippen LogP contribution is 2.47. The Balaban J connectivity index is 1.59. The molecule has 0 aromatic heterocycles. The number of rotatable bonds is 6. The number of phenolic OH excluding ortho intramolecular Hbond substituents is 1. The Morgan fingerprint density at radius 1 is 0.946 bits per heavy atom. The number of benzene rings is 3. The first-order valence-corrected chi connectivity index (χ1v) is 13.0. The van der Waals surface area contributed by atoms with Crippen molar-refractivity contribution in [3.05, 3.63) is 81.5 Å². The fraction of sp³-hybridized carbons (Fsp3) is 0.276. The number of anilines is 2. The first kappa shape index (κ1) is 25.0. The third-order valence-electron chi connectivity index (χ3n) is 6.87. The Hall–Kier alpha value is -3.65. The van der Waals surface area contributed by atoms with E-state index in [9.17, 15) is 9.90 Å². The molecule has 192 valence electrons. The topological polar surface area (TPSA) is 89.1 Å². The molecule has 0 fully saturated rings. The lowest BCUT2D eigenvalue weighted by atomic mass is 9.78. The predicted octanol–water partition coefficient (Wildman–Crippen LogP) is 6.55. The first-order valence-electron chi connectivity index (χ1n) is 12.2.